The van der Waals surface area contributed by atoms with Crippen molar-refractivity contribution in [3.05, 3.63) is 0 Å². The molecule has 0 saturated heterocycles. The number of nitrogens with two attached hydrogens (primary N) is 4. The molecule has 11 N–H and O–H groups in total. The van der Waals surface area contributed by atoms with Crippen LogP contribution in [0.2, 0.25) is 0 Å². The molecular formula is C6H23N5. The summed E-state index contributed by atoms with van der Waals surface area (Å²) in [6.07, 6.45) is 0. The summed E-state index contributed by atoms with van der Waals surface area (Å²) in [5.74, 6) is 0. The van der Waals surface area contributed by atoms with Gasteiger partial charge >= 0.3 is 0 Å². The van der Waals surface area contributed by atoms with E-state index in [4.69, 9.17) is 22.9 Å². The first-order valence-electron chi connectivity index (χ1n) is 3.45. The first-order chi connectivity index (χ1) is 4.54. The molecule has 0 aliphatic heterocycles. The average molecular weight is 165 g/mol. The fourth-order valence-electron chi connectivity index (χ4n) is 0. The van der Waals surface area contributed by atoms with Gasteiger partial charge in [-0.1, -0.05) is 0 Å². The summed E-state index contributed by atoms with van der Waals surface area (Å²) in [7, 11) is 0. The van der Waals surface area contributed by atoms with Crippen LogP contribution in [0.15, 0.2) is 0 Å². The Morgan fingerprint density at radius 2 is 1.00 bits per heavy atom. The Morgan fingerprint density at radius 3 is 1.00 bits per heavy atom. The van der Waals surface area contributed by atoms with Crippen molar-refractivity contribution in [3.63, 3.8) is 0 Å². The molecule has 5 heteroatoms. The molecule has 72 valence electrons. The van der Waals surface area contributed by atoms with E-state index in [1.54, 1.807) is 0 Å². The van der Waals surface area contributed by atoms with E-state index < -0.39 is 0 Å². The molecule has 0 radical (unpaired) electrons. The van der Waals surface area contributed by atoms with E-state index in [9.17, 15) is 0 Å². The lowest BCUT2D eigenvalue weighted by molar-refractivity contribution is 0.752. The summed E-state index contributed by atoms with van der Waals surface area (Å²) in [5.41, 5.74) is 20.4. The van der Waals surface area contributed by atoms with Crippen molar-refractivity contribution in [2.45, 2.75) is 25.9 Å². The highest BCUT2D eigenvalue weighted by molar-refractivity contribution is 4.48. The highest BCUT2D eigenvalue weighted by atomic mass is 14.7. The van der Waals surface area contributed by atoms with Gasteiger partial charge in [-0.3, -0.25) is 0 Å². The Bertz CT molecular complexity index is 46.9. The highest BCUT2D eigenvalue weighted by Crippen LogP contribution is 1.59. The molecule has 0 heterocycles. The van der Waals surface area contributed by atoms with E-state index in [0.717, 1.165) is 0 Å². The van der Waals surface area contributed by atoms with Gasteiger partial charge in [0.25, 0.3) is 0 Å². The zero-order valence-electron chi connectivity index (χ0n) is 7.59. The van der Waals surface area contributed by atoms with Gasteiger partial charge < -0.3 is 29.1 Å². The van der Waals surface area contributed by atoms with Crippen molar-refractivity contribution >= 4 is 0 Å². The van der Waals surface area contributed by atoms with Gasteiger partial charge in [0.2, 0.25) is 0 Å². The predicted octanol–water partition coefficient (Wildman–Crippen LogP) is -1.25. The molecule has 2 atom stereocenters. The van der Waals surface area contributed by atoms with Crippen LogP contribution in [0.25, 0.3) is 0 Å². The monoisotopic (exact) mass is 165 g/mol. The summed E-state index contributed by atoms with van der Waals surface area (Å²) in [6.45, 7) is 4.92. The largest absolute Gasteiger partial charge is 0.344 e. The van der Waals surface area contributed by atoms with Gasteiger partial charge in [0, 0.05) is 25.2 Å². The van der Waals surface area contributed by atoms with E-state index in [2.05, 4.69) is 0 Å². The fourth-order valence-corrected chi connectivity index (χ4v) is 0. The molecule has 0 bridgehead atoms. The number of rotatable bonds is 2. The highest BCUT2D eigenvalue weighted by Gasteiger charge is 1.80. The fraction of sp³-hybridized carbons (Fsp3) is 1.00. The normalized spacial score (nSPS) is 13.6. The quantitative estimate of drug-likeness (QED) is 0.348. The van der Waals surface area contributed by atoms with Crippen LogP contribution in [-0.2, 0) is 0 Å². The molecule has 11 heavy (non-hydrogen) atoms. The number of hydrogen-bond acceptors (Lipinski definition) is 5. The van der Waals surface area contributed by atoms with Crippen LogP contribution in [0.4, 0.5) is 0 Å². The third-order valence-electron chi connectivity index (χ3n) is 0.744. The Hall–Kier alpha value is -0.200. The number of hydrogen-bond donors (Lipinski definition) is 5. The second-order valence-electron chi connectivity index (χ2n) is 2.43. The Balaban J connectivity index is -0.000000107. The van der Waals surface area contributed by atoms with Crippen LogP contribution < -0.4 is 29.1 Å². The molecular weight excluding hydrogens is 142 g/mol. The van der Waals surface area contributed by atoms with Gasteiger partial charge in [-0.2, -0.15) is 0 Å². The molecule has 0 aromatic heterocycles. The minimum absolute atomic E-state index is 0. The summed E-state index contributed by atoms with van der Waals surface area (Å²) >= 11 is 0. The zero-order valence-corrected chi connectivity index (χ0v) is 7.59. The molecule has 0 fully saturated rings. The molecule has 0 aromatic carbocycles. The van der Waals surface area contributed by atoms with Crippen molar-refractivity contribution < 1.29 is 0 Å². The van der Waals surface area contributed by atoms with E-state index in [0.29, 0.717) is 13.1 Å². The van der Waals surface area contributed by atoms with Crippen molar-refractivity contribution in [1.29, 1.82) is 0 Å². The van der Waals surface area contributed by atoms with Crippen LogP contribution in [0.5, 0.6) is 0 Å². The lowest BCUT2D eigenvalue weighted by Gasteiger charge is -1.92. The Kier molecular flexibility index (Phi) is 19.3. The first kappa shape index (κ1) is 17.0. The van der Waals surface area contributed by atoms with Crippen molar-refractivity contribution in [2.24, 2.45) is 22.9 Å². The molecule has 0 aliphatic carbocycles. The predicted molar refractivity (Wildman–Crippen MR) is 50.4 cm³/mol. The summed E-state index contributed by atoms with van der Waals surface area (Å²) in [4.78, 5) is 0. The van der Waals surface area contributed by atoms with Crippen LogP contribution in [0.3, 0.4) is 0 Å². The smallest absolute Gasteiger partial charge is 0.0134 e. The van der Waals surface area contributed by atoms with E-state index in [1.807, 2.05) is 13.8 Å². The van der Waals surface area contributed by atoms with E-state index >= 15 is 0 Å². The second kappa shape index (κ2) is 12.5. The average Bonchev–Trinajstić information content (AvgIpc) is 1.89. The zero-order chi connectivity index (χ0) is 8.57. The third-order valence-corrected chi connectivity index (χ3v) is 0.744. The van der Waals surface area contributed by atoms with Crippen molar-refractivity contribution in [1.82, 2.24) is 6.15 Å². The third kappa shape index (κ3) is 41.3. The van der Waals surface area contributed by atoms with Crippen molar-refractivity contribution in [2.75, 3.05) is 13.1 Å². The van der Waals surface area contributed by atoms with Gasteiger partial charge in [-0.05, 0) is 13.8 Å². The molecule has 5 nitrogen and oxygen atoms in total. The van der Waals surface area contributed by atoms with Gasteiger partial charge in [-0.25, -0.2) is 0 Å². The lowest BCUT2D eigenvalue weighted by Crippen LogP contribution is -2.25. The van der Waals surface area contributed by atoms with Crippen LogP contribution >= 0.6 is 0 Å². The molecule has 0 amide bonds. The van der Waals surface area contributed by atoms with Crippen molar-refractivity contribution in [3.8, 4) is 0 Å². The van der Waals surface area contributed by atoms with E-state index in [-0.39, 0.29) is 18.2 Å². The molecule has 2 unspecified atom stereocenters. The maximum atomic E-state index is 5.17. The SMILES string of the molecule is CC(N)CN.CC(N)CN.N. The first-order valence-corrected chi connectivity index (χ1v) is 3.45. The van der Waals surface area contributed by atoms with Crippen LogP contribution in [-0.4, -0.2) is 25.2 Å². The maximum Gasteiger partial charge on any atom is 0.0134 e. The molecule has 0 aromatic rings. The van der Waals surface area contributed by atoms with Gasteiger partial charge in [0.1, 0.15) is 0 Å². The second-order valence-corrected chi connectivity index (χ2v) is 2.43. The Labute approximate surface area is 69.1 Å². The lowest BCUT2D eigenvalue weighted by atomic mass is 10.4. The molecule has 0 spiro atoms. The van der Waals surface area contributed by atoms with Gasteiger partial charge in [0.05, 0.1) is 0 Å². The minimum atomic E-state index is 0. The Morgan fingerprint density at radius 1 is 0.909 bits per heavy atom. The topological polar surface area (TPSA) is 139 Å². The standard InChI is InChI=1S/2C3H10N2.H3N/c2*1-3(5)2-4;/h2*3H,2,4-5H2,1H3;1H3. The van der Waals surface area contributed by atoms with Gasteiger partial charge in [-0.15, -0.1) is 0 Å². The molecule has 0 aliphatic rings. The van der Waals surface area contributed by atoms with Crippen LogP contribution in [0.1, 0.15) is 13.8 Å². The maximum absolute atomic E-state index is 5.17. The van der Waals surface area contributed by atoms with Crippen LogP contribution in [0, 0.1) is 0 Å². The van der Waals surface area contributed by atoms with Gasteiger partial charge in [0.15, 0.2) is 0 Å². The summed E-state index contributed by atoms with van der Waals surface area (Å²) in [5, 5.41) is 0. The van der Waals surface area contributed by atoms with E-state index in [1.165, 1.54) is 0 Å². The molecule has 0 saturated carbocycles. The summed E-state index contributed by atoms with van der Waals surface area (Å²) < 4.78 is 0. The molecule has 0 rings (SSSR count). The summed E-state index contributed by atoms with van der Waals surface area (Å²) in [6, 6.07) is 0.324. The minimum Gasteiger partial charge on any atom is -0.344 e.